The van der Waals surface area contributed by atoms with Gasteiger partial charge in [0, 0.05) is 37.5 Å². The summed E-state index contributed by atoms with van der Waals surface area (Å²) in [7, 11) is 0. The molecule has 110 valence electrons. The molecule has 0 saturated carbocycles. The zero-order valence-electron chi connectivity index (χ0n) is 12.4. The molecular formula is C14H23N5O. The second-order valence-electron chi connectivity index (χ2n) is 5.03. The van der Waals surface area contributed by atoms with Crippen LogP contribution in [0.25, 0.3) is 0 Å². The van der Waals surface area contributed by atoms with E-state index in [1.54, 1.807) is 0 Å². The summed E-state index contributed by atoms with van der Waals surface area (Å²) in [6.07, 6.45) is 2.31. The van der Waals surface area contributed by atoms with Gasteiger partial charge in [-0.15, -0.1) is 0 Å². The SMILES string of the molecule is CCNc1nc(CC)nc(NCC2CCC(=O)N2)c1C. The van der Waals surface area contributed by atoms with Crippen LogP contribution in [0.2, 0.25) is 0 Å². The van der Waals surface area contributed by atoms with Gasteiger partial charge < -0.3 is 16.0 Å². The molecule has 1 fully saturated rings. The first-order valence-electron chi connectivity index (χ1n) is 7.28. The lowest BCUT2D eigenvalue weighted by Crippen LogP contribution is -2.32. The monoisotopic (exact) mass is 277 g/mol. The van der Waals surface area contributed by atoms with E-state index in [4.69, 9.17) is 0 Å². The van der Waals surface area contributed by atoms with E-state index in [1.165, 1.54) is 0 Å². The molecule has 6 heteroatoms. The number of nitrogens with one attached hydrogen (secondary N) is 3. The van der Waals surface area contributed by atoms with Gasteiger partial charge in [0.1, 0.15) is 17.5 Å². The van der Waals surface area contributed by atoms with Crippen LogP contribution in [-0.2, 0) is 11.2 Å². The number of hydrogen-bond donors (Lipinski definition) is 3. The van der Waals surface area contributed by atoms with E-state index < -0.39 is 0 Å². The Morgan fingerprint density at radius 3 is 2.50 bits per heavy atom. The molecule has 0 aromatic carbocycles. The first kappa shape index (κ1) is 14.6. The van der Waals surface area contributed by atoms with Crippen LogP contribution >= 0.6 is 0 Å². The predicted octanol–water partition coefficient (Wildman–Crippen LogP) is 1.47. The number of rotatable bonds is 6. The van der Waals surface area contributed by atoms with E-state index in [1.807, 2.05) is 20.8 Å². The van der Waals surface area contributed by atoms with Gasteiger partial charge in [-0.3, -0.25) is 4.79 Å². The summed E-state index contributed by atoms with van der Waals surface area (Å²) < 4.78 is 0. The van der Waals surface area contributed by atoms with Crippen LogP contribution in [0.15, 0.2) is 0 Å². The Morgan fingerprint density at radius 2 is 1.95 bits per heavy atom. The van der Waals surface area contributed by atoms with E-state index in [-0.39, 0.29) is 11.9 Å². The molecule has 1 amide bonds. The Labute approximate surface area is 119 Å². The lowest BCUT2D eigenvalue weighted by atomic mass is 10.2. The summed E-state index contributed by atoms with van der Waals surface area (Å²) in [6, 6.07) is 0.199. The zero-order valence-corrected chi connectivity index (χ0v) is 12.4. The van der Waals surface area contributed by atoms with E-state index in [2.05, 4.69) is 25.9 Å². The van der Waals surface area contributed by atoms with Crippen LogP contribution < -0.4 is 16.0 Å². The van der Waals surface area contributed by atoms with Gasteiger partial charge in [-0.1, -0.05) is 6.92 Å². The van der Waals surface area contributed by atoms with Crippen molar-refractivity contribution in [2.75, 3.05) is 23.7 Å². The minimum absolute atomic E-state index is 0.138. The van der Waals surface area contributed by atoms with Crippen LogP contribution in [0.1, 0.15) is 38.1 Å². The number of amides is 1. The van der Waals surface area contributed by atoms with Crippen molar-refractivity contribution in [3.8, 4) is 0 Å². The molecule has 6 nitrogen and oxygen atoms in total. The van der Waals surface area contributed by atoms with E-state index in [9.17, 15) is 4.79 Å². The number of carbonyl (C=O) groups excluding carboxylic acids is 1. The van der Waals surface area contributed by atoms with Crippen molar-refractivity contribution < 1.29 is 4.79 Å². The van der Waals surface area contributed by atoms with Crippen molar-refractivity contribution >= 4 is 17.5 Å². The van der Waals surface area contributed by atoms with Gasteiger partial charge in [-0.2, -0.15) is 0 Å². The summed E-state index contributed by atoms with van der Waals surface area (Å²) in [5, 5.41) is 9.56. The number of aryl methyl sites for hydroxylation is 1. The normalized spacial score (nSPS) is 17.9. The van der Waals surface area contributed by atoms with Gasteiger partial charge in [0.15, 0.2) is 0 Å². The van der Waals surface area contributed by atoms with Crippen molar-refractivity contribution in [3.05, 3.63) is 11.4 Å². The number of nitrogens with zero attached hydrogens (tertiary/aromatic N) is 2. The highest BCUT2D eigenvalue weighted by Gasteiger charge is 2.21. The molecule has 2 heterocycles. The van der Waals surface area contributed by atoms with Gasteiger partial charge in [0.25, 0.3) is 0 Å². The first-order valence-corrected chi connectivity index (χ1v) is 7.28. The fourth-order valence-corrected chi connectivity index (χ4v) is 2.28. The van der Waals surface area contributed by atoms with Gasteiger partial charge in [0.05, 0.1) is 0 Å². The Kier molecular flexibility index (Phi) is 4.76. The smallest absolute Gasteiger partial charge is 0.220 e. The molecule has 1 aromatic rings. The van der Waals surface area contributed by atoms with Crippen LogP contribution in [0, 0.1) is 6.92 Å². The first-order chi connectivity index (χ1) is 9.63. The maximum absolute atomic E-state index is 11.2. The summed E-state index contributed by atoms with van der Waals surface area (Å²) in [5.74, 6) is 2.70. The molecule has 20 heavy (non-hydrogen) atoms. The number of carbonyl (C=O) groups is 1. The summed E-state index contributed by atoms with van der Waals surface area (Å²) >= 11 is 0. The summed E-state index contributed by atoms with van der Waals surface area (Å²) in [5.41, 5.74) is 1.02. The zero-order chi connectivity index (χ0) is 14.5. The van der Waals surface area contributed by atoms with Gasteiger partial charge in [-0.25, -0.2) is 9.97 Å². The maximum Gasteiger partial charge on any atom is 0.220 e. The van der Waals surface area contributed by atoms with Gasteiger partial charge in [-0.05, 0) is 20.3 Å². The number of hydrogen-bond acceptors (Lipinski definition) is 5. The lowest BCUT2D eigenvalue weighted by Gasteiger charge is -2.16. The fourth-order valence-electron chi connectivity index (χ4n) is 2.28. The van der Waals surface area contributed by atoms with Gasteiger partial charge in [0.2, 0.25) is 5.91 Å². The van der Waals surface area contributed by atoms with Crippen molar-refractivity contribution in [3.63, 3.8) is 0 Å². The average Bonchev–Trinajstić information content (AvgIpc) is 2.85. The molecule has 1 saturated heterocycles. The van der Waals surface area contributed by atoms with Crippen LogP contribution in [0.5, 0.6) is 0 Å². The second kappa shape index (κ2) is 6.54. The third kappa shape index (κ3) is 3.37. The third-order valence-corrected chi connectivity index (χ3v) is 3.45. The number of anilines is 2. The largest absolute Gasteiger partial charge is 0.370 e. The van der Waals surface area contributed by atoms with Crippen LogP contribution in [0.4, 0.5) is 11.6 Å². The van der Waals surface area contributed by atoms with Crippen molar-refractivity contribution in [1.82, 2.24) is 15.3 Å². The highest BCUT2D eigenvalue weighted by Crippen LogP contribution is 2.20. The minimum Gasteiger partial charge on any atom is -0.370 e. The van der Waals surface area contributed by atoms with E-state index in [0.717, 1.165) is 42.4 Å². The molecular weight excluding hydrogens is 254 g/mol. The fraction of sp³-hybridized carbons (Fsp3) is 0.643. The third-order valence-electron chi connectivity index (χ3n) is 3.45. The highest BCUT2D eigenvalue weighted by molar-refractivity contribution is 5.78. The molecule has 3 N–H and O–H groups in total. The summed E-state index contributed by atoms with van der Waals surface area (Å²) in [4.78, 5) is 20.2. The van der Waals surface area contributed by atoms with E-state index in [0.29, 0.717) is 13.0 Å². The predicted molar refractivity (Wildman–Crippen MR) is 80.0 cm³/mol. The Bertz CT molecular complexity index is 489. The quantitative estimate of drug-likeness (QED) is 0.734. The highest BCUT2D eigenvalue weighted by atomic mass is 16.1. The molecule has 1 atom stereocenters. The summed E-state index contributed by atoms with van der Waals surface area (Å²) in [6.45, 7) is 7.64. The average molecular weight is 277 g/mol. The number of aromatic nitrogens is 2. The molecule has 0 spiro atoms. The lowest BCUT2D eigenvalue weighted by molar-refractivity contribution is -0.119. The molecule has 1 aliphatic heterocycles. The van der Waals surface area contributed by atoms with E-state index >= 15 is 0 Å². The van der Waals surface area contributed by atoms with Crippen LogP contribution in [-0.4, -0.2) is 35.0 Å². The Morgan fingerprint density at radius 1 is 1.25 bits per heavy atom. The minimum atomic E-state index is 0.138. The molecule has 1 aromatic heterocycles. The van der Waals surface area contributed by atoms with Crippen molar-refractivity contribution in [1.29, 1.82) is 0 Å². The Hall–Kier alpha value is -1.85. The molecule has 0 aliphatic carbocycles. The maximum atomic E-state index is 11.2. The standard InChI is InChI=1S/C14H23N5O/c1-4-11-18-13(15-5-2)9(3)14(19-11)16-8-10-6-7-12(20)17-10/h10H,4-8H2,1-3H3,(H,17,20)(H2,15,16,18,19). The molecule has 0 radical (unpaired) electrons. The molecule has 2 rings (SSSR count). The van der Waals surface area contributed by atoms with Crippen molar-refractivity contribution in [2.45, 2.75) is 46.1 Å². The molecule has 0 bridgehead atoms. The Balaban J connectivity index is 2.09. The molecule has 1 aliphatic rings. The van der Waals surface area contributed by atoms with Crippen LogP contribution in [0.3, 0.4) is 0 Å². The van der Waals surface area contributed by atoms with Crippen molar-refractivity contribution in [2.24, 2.45) is 0 Å². The topological polar surface area (TPSA) is 78.9 Å². The molecule has 1 unspecified atom stereocenters. The van der Waals surface area contributed by atoms with Gasteiger partial charge >= 0.3 is 0 Å². The second-order valence-corrected chi connectivity index (χ2v) is 5.03.